The molecule has 0 saturated heterocycles. The van der Waals surface area contributed by atoms with E-state index in [1.165, 1.54) is 0 Å². The van der Waals surface area contributed by atoms with Crippen molar-refractivity contribution in [3.05, 3.63) is 34.7 Å². The van der Waals surface area contributed by atoms with Crippen LogP contribution in [0.3, 0.4) is 0 Å². The summed E-state index contributed by atoms with van der Waals surface area (Å²) < 4.78 is 5.20. The fourth-order valence-electron chi connectivity index (χ4n) is 2.35. The lowest BCUT2D eigenvalue weighted by Crippen LogP contribution is -2.28. The number of thiazole rings is 1. The van der Waals surface area contributed by atoms with Crippen molar-refractivity contribution >= 4 is 23.0 Å². The molecule has 3 rings (SSSR count). The van der Waals surface area contributed by atoms with Crippen LogP contribution in [-0.2, 0) is 9.53 Å². The highest BCUT2D eigenvalue weighted by Crippen LogP contribution is 2.26. The van der Waals surface area contributed by atoms with Gasteiger partial charge in [-0.05, 0) is 25.5 Å². The van der Waals surface area contributed by atoms with Crippen LogP contribution in [0.1, 0.15) is 24.8 Å². The van der Waals surface area contributed by atoms with E-state index in [1.807, 2.05) is 36.6 Å². The van der Waals surface area contributed by atoms with E-state index >= 15 is 0 Å². The fourth-order valence-corrected chi connectivity index (χ4v) is 2.98. The molecule has 1 aromatic heterocycles. The molecule has 0 saturated carbocycles. The highest BCUT2D eigenvalue weighted by Gasteiger charge is 2.28. The number of ether oxygens (including phenoxy) is 1. The molecule has 24 heavy (non-hydrogen) atoms. The van der Waals surface area contributed by atoms with E-state index in [0.29, 0.717) is 13.2 Å². The molecule has 0 amide bonds. The second-order valence-corrected chi connectivity index (χ2v) is 6.68. The third-order valence-corrected chi connectivity index (χ3v) is 4.51. The number of anilines is 1. The highest BCUT2D eigenvalue weighted by atomic mass is 32.1. The number of rotatable bonds is 6. The molecule has 0 aliphatic carbocycles. The molecule has 7 heteroatoms. The molecule has 0 bridgehead atoms. The van der Waals surface area contributed by atoms with Gasteiger partial charge in [0, 0.05) is 10.9 Å². The summed E-state index contributed by atoms with van der Waals surface area (Å²) in [6.07, 6.45) is 1.87. The number of aryl methyl sites for hydroxylation is 1. The van der Waals surface area contributed by atoms with Gasteiger partial charge in [0.2, 0.25) is 0 Å². The lowest BCUT2D eigenvalue weighted by atomic mass is 10.1. The lowest BCUT2D eigenvalue weighted by molar-refractivity contribution is -0.144. The maximum Gasteiger partial charge on any atom is 0.334 e. The summed E-state index contributed by atoms with van der Waals surface area (Å²) in [7, 11) is 0. The number of hydrogen-bond acceptors (Lipinski definition) is 7. The van der Waals surface area contributed by atoms with Crippen molar-refractivity contribution in [2.75, 3.05) is 18.2 Å². The van der Waals surface area contributed by atoms with Crippen molar-refractivity contribution in [2.24, 2.45) is 10.3 Å². The van der Waals surface area contributed by atoms with Crippen LogP contribution in [0, 0.1) is 6.92 Å². The van der Waals surface area contributed by atoms with Crippen molar-refractivity contribution in [3.8, 4) is 11.3 Å². The standard InChI is InChI=1S/C17H20N4O2S/c1-3-4-9-23-17(22)15-10-21(20-19-15)14-7-5-13(6-8-14)16-11-24-12(2)18-16/h5-8,11,15H,3-4,9-10H2,1-2H3. The fraction of sp³-hybridized carbons (Fsp3) is 0.412. The second-order valence-electron chi connectivity index (χ2n) is 5.62. The Morgan fingerprint density at radius 1 is 1.38 bits per heavy atom. The third kappa shape index (κ3) is 3.79. The number of carbonyl (C=O) groups excluding carboxylic acids is 1. The number of hydrogen-bond donors (Lipinski definition) is 0. The van der Waals surface area contributed by atoms with Gasteiger partial charge in [0.15, 0.2) is 6.04 Å². The summed E-state index contributed by atoms with van der Waals surface area (Å²) in [5.74, 6) is -0.302. The number of nitrogens with zero attached hydrogens (tertiary/aromatic N) is 4. The van der Waals surface area contributed by atoms with Gasteiger partial charge in [-0.2, -0.15) is 5.11 Å². The average molecular weight is 344 g/mol. The SMILES string of the molecule is CCCCOC(=O)C1CN(c2ccc(-c3csc(C)n3)cc2)N=N1. The number of carbonyl (C=O) groups is 1. The first-order chi connectivity index (χ1) is 11.7. The van der Waals surface area contributed by atoms with Crippen molar-refractivity contribution in [1.82, 2.24) is 4.98 Å². The van der Waals surface area contributed by atoms with E-state index in [0.717, 1.165) is 34.8 Å². The Bertz CT molecular complexity index is 726. The summed E-state index contributed by atoms with van der Waals surface area (Å²) in [5.41, 5.74) is 2.94. The topological polar surface area (TPSA) is 67.2 Å². The number of esters is 1. The Balaban J connectivity index is 1.60. The molecular weight excluding hydrogens is 324 g/mol. The van der Waals surface area contributed by atoms with Crippen LogP contribution in [0.5, 0.6) is 0 Å². The van der Waals surface area contributed by atoms with E-state index < -0.39 is 6.04 Å². The van der Waals surface area contributed by atoms with Crippen LogP contribution in [0.2, 0.25) is 0 Å². The Morgan fingerprint density at radius 2 is 2.17 bits per heavy atom. The van der Waals surface area contributed by atoms with Gasteiger partial charge in [0.1, 0.15) is 0 Å². The van der Waals surface area contributed by atoms with Crippen molar-refractivity contribution in [3.63, 3.8) is 0 Å². The maximum atomic E-state index is 11.9. The molecule has 126 valence electrons. The van der Waals surface area contributed by atoms with E-state index in [2.05, 4.69) is 22.2 Å². The largest absolute Gasteiger partial charge is 0.464 e. The average Bonchev–Trinajstić information content (AvgIpc) is 3.24. The van der Waals surface area contributed by atoms with Gasteiger partial charge in [-0.25, -0.2) is 14.8 Å². The van der Waals surface area contributed by atoms with Crippen LogP contribution in [0.4, 0.5) is 5.69 Å². The van der Waals surface area contributed by atoms with Crippen molar-refractivity contribution in [2.45, 2.75) is 32.7 Å². The molecule has 6 nitrogen and oxygen atoms in total. The molecular formula is C17H20N4O2S. The monoisotopic (exact) mass is 344 g/mol. The first-order valence-corrected chi connectivity index (χ1v) is 8.93. The smallest absolute Gasteiger partial charge is 0.334 e. The quantitative estimate of drug-likeness (QED) is 0.586. The highest BCUT2D eigenvalue weighted by molar-refractivity contribution is 7.09. The normalized spacial score (nSPS) is 16.6. The van der Waals surface area contributed by atoms with Crippen LogP contribution in [0.25, 0.3) is 11.3 Å². The number of unbranched alkanes of at least 4 members (excludes halogenated alkanes) is 1. The first-order valence-electron chi connectivity index (χ1n) is 8.05. The molecule has 1 aliphatic heterocycles. The zero-order chi connectivity index (χ0) is 16.9. The van der Waals surface area contributed by atoms with Gasteiger partial charge in [-0.3, -0.25) is 0 Å². The molecule has 1 aliphatic rings. The van der Waals surface area contributed by atoms with Gasteiger partial charge < -0.3 is 4.74 Å². The number of benzene rings is 1. The molecule has 2 heterocycles. The summed E-state index contributed by atoms with van der Waals surface area (Å²) in [6.45, 7) is 4.91. The third-order valence-electron chi connectivity index (χ3n) is 3.74. The molecule has 0 spiro atoms. The molecule has 1 aromatic carbocycles. The summed E-state index contributed by atoms with van der Waals surface area (Å²) in [4.78, 5) is 16.4. The van der Waals surface area contributed by atoms with Crippen molar-refractivity contribution < 1.29 is 9.53 Å². The Hall–Kier alpha value is -2.28. The minimum atomic E-state index is -0.539. The van der Waals surface area contributed by atoms with E-state index in [1.54, 1.807) is 16.3 Å². The molecule has 2 aromatic rings. The van der Waals surface area contributed by atoms with Crippen LogP contribution < -0.4 is 5.01 Å². The number of aromatic nitrogens is 1. The predicted octanol–water partition coefficient (Wildman–Crippen LogP) is 4.02. The molecule has 0 N–H and O–H groups in total. The zero-order valence-electron chi connectivity index (χ0n) is 13.8. The molecule has 0 fully saturated rings. The van der Waals surface area contributed by atoms with Gasteiger partial charge >= 0.3 is 5.97 Å². The maximum absolute atomic E-state index is 11.9. The Labute approximate surface area is 145 Å². The van der Waals surface area contributed by atoms with Gasteiger partial charge in [0.05, 0.1) is 29.5 Å². The van der Waals surface area contributed by atoms with Gasteiger partial charge in [-0.1, -0.05) is 30.7 Å². The molecule has 1 atom stereocenters. The van der Waals surface area contributed by atoms with Crippen LogP contribution >= 0.6 is 11.3 Å². The lowest BCUT2D eigenvalue weighted by Gasteiger charge is -2.13. The first kappa shape index (κ1) is 16.6. The second kappa shape index (κ2) is 7.53. The van der Waals surface area contributed by atoms with E-state index in [4.69, 9.17) is 4.74 Å². The minimum Gasteiger partial charge on any atom is -0.464 e. The summed E-state index contributed by atoms with van der Waals surface area (Å²) in [6, 6.07) is 7.41. The zero-order valence-corrected chi connectivity index (χ0v) is 14.6. The minimum absolute atomic E-state index is 0.302. The molecule has 1 unspecified atom stereocenters. The molecule has 0 radical (unpaired) electrons. The summed E-state index contributed by atoms with van der Waals surface area (Å²) in [5, 5.41) is 12.9. The van der Waals surface area contributed by atoms with Gasteiger partial charge in [0.25, 0.3) is 0 Å². The predicted molar refractivity (Wildman–Crippen MR) is 94.1 cm³/mol. The van der Waals surface area contributed by atoms with Crippen molar-refractivity contribution in [1.29, 1.82) is 0 Å². The Morgan fingerprint density at radius 3 is 2.83 bits per heavy atom. The van der Waals surface area contributed by atoms with E-state index in [-0.39, 0.29) is 5.97 Å². The Kier molecular flexibility index (Phi) is 5.20. The van der Waals surface area contributed by atoms with Gasteiger partial charge in [-0.15, -0.1) is 11.3 Å². The van der Waals surface area contributed by atoms with Crippen LogP contribution in [-0.4, -0.2) is 30.1 Å². The summed E-state index contributed by atoms with van der Waals surface area (Å²) >= 11 is 1.63. The van der Waals surface area contributed by atoms with E-state index in [9.17, 15) is 4.79 Å². The van der Waals surface area contributed by atoms with Crippen LogP contribution in [0.15, 0.2) is 40.0 Å².